The van der Waals surface area contributed by atoms with Crippen molar-refractivity contribution in [2.45, 2.75) is 30.7 Å². The summed E-state index contributed by atoms with van der Waals surface area (Å²) in [6.07, 6.45) is 5.21. The third kappa shape index (κ3) is 3.80. The molecular formula is C21H23N3O4S. The fourth-order valence-electron chi connectivity index (χ4n) is 3.53. The quantitative estimate of drug-likeness (QED) is 0.666. The van der Waals surface area contributed by atoms with Gasteiger partial charge in [0.1, 0.15) is 5.82 Å². The number of benzene rings is 2. The number of hydrogen-bond donors (Lipinski definition) is 1. The van der Waals surface area contributed by atoms with Crippen LogP contribution in [0, 0.1) is 0 Å². The number of anilines is 1. The van der Waals surface area contributed by atoms with Crippen LogP contribution in [-0.2, 0) is 23.0 Å². The van der Waals surface area contributed by atoms with Gasteiger partial charge in [0.25, 0.3) is 10.0 Å². The number of imidazole rings is 1. The Morgan fingerprint density at radius 1 is 1.03 bits per heavy atom. The van der Waals surface area contributed by atoms with Gasteiger partial charge in [-0.3, -0.25) is 4.72 Å². The molecule has 7 nitrogen and oxygen atoms in total. The second-order valence-electron chi connectivity index (χ2n) is 6.86. The standard InChI is InChI=1S/C21H23N3O4S/c1-27-19-11-10-15(13-20(19)28-2)29(25,26)23-17-8-4-3-7-16(17)18-14-24-12-6-5-9-21(24)22-18/h3-4,7-8,10-11,13-14,23H,5-6,9,12H2,1-2H3. The van der Waals surface area contributed by atoms with Crippen molar-refractivity contribution in [1.82, 2.24) is 9.55 Å². The summed E-state index contributed by atoms with van der Waals surface area (Å²) in [6, 6.07) is 11.8. The van der Waals surface area contributed by atoms with E-state index in [1.54, 1.807) is 18.2 Å². The summed E-state index contributed by atoms with van der Waals surface area (Å²) in [5.74, 6) is 1.87. The van der Waals surface area contributed by atoms with Crippen LogP contribution in [0.3, 0.4) is 0 Å². The highest BCUT2D eigenvalue weighted by Gasteiger charge is 2.20. The molecule has 1 aliphatic heterocycles. The van der Waals surface area contributed by atoms with Gasteiger partial charge in [0.05, 0.1) is 30.5 Å². The topological polar surface area (TPSA) is 82.5 Å². The zero-order valence-corrected chi connectivity index (χ0v) is 17.2. The number of aryl methyl sites for hydroxylation is 2. The summed E-state index contributed by atoms with van der Waals surface area (Å²) in [7, 11) is -0.849. The van der Waals surface area contributed by atoms with Gasteiger partial charge in [0, 0.05) is 30.8 Å². The van der Waals surface area contributed by atoms with Crippen molar-refractivity contribution in [1.29, 1.82) is 0 Å². The lowest BCUT2D eigenvalue weighted by molar-refractivity contribution is 0.354. The molecule has 2 heterocycles. The van der Waals surface area contributed by atoms with Crippen molar-refractivity contribution < 1.29 is 17.9 Å². The fraction of sp³-hybridized carbons (Fsp3) is 0.286. The van der Waals surface area contributed by atoms with E-state index in [0.717, 1.165) is 42.9 Å². The van der Waals surface area contributed by atoms with Crippen molar-refractivity contribution in [3.8, 4) is 22.8 Å². The maximum atomic E-state index is 13.0. The molecule has 152 valence electrons. The van der Waals surface area contributed by atoms with Crippen LogP contribution in [0.25, 0.3) is 11.3 Å². The maximum absolute atomic E-state index is 13.0. The summed E-state index contributed by atoms with van der Waals surface area (Å²) >= 11 is 0. The number of nitrogens with zero attached hydrogens (tertiary/aromatic N) is 2. The monoisotopic (exact) mass is 413 g/mol. The Labute approximate surface area is 170 Å². The highest BCUT2D eigenvalue weighted by molar-refractivity contribution is 7.92. The Morgan fingerprint density at radius 2 is 1.83 bits per heavy atom. The summed E-state index contributed by atoms with van der Waals surface area (Å²) in [4.78, 5) is 4.82. The van der Waals surface area contributed by atoms with Crippen molar-refractivity contribution in [3.63, 3.8) is 0 Å². The number of aromatic nitrogens is 2. The predicted molar refractivity (Wildman–Crippen MR) is 111 cm³/mol. The van der Waals surface area contributed by atoms with Gasteiger partial charge in [0.15, 0.2) is 11.5 Å². The molecule has 0 unspecified atom stereocenters. The van der Waals surface area contributed by atoms with Gasteiger partial charge in [-0.25, -0.2) is 13.4 Å². The van der Waals surface area contributed by atoms with E-state index in [9.17, 15) is 8.42 Å². The van der Waals surface area contributed by atoms with Gasteiger partial charge in [-0.1, -0.05) is 18.2 Å². The first kappa shape index (κ1) is 19.3. The van der Waals surface area contributed by atoms with E-state index in [2.05, 4.69) is 9.29 Å². The fourth-order valence-corrected chi connectivity index (χ4v) is 4.62. The van der Waals surface area contributed by atoms with E-state index in [0.29, 0.717) is 17.2 Å². The first-order chi connectivity index (χ1) is 14.0. The van der Waals surface area contributed by atoms with E-state index >= 15 is 0 Å². The highest BCUT2D eigenvalue weighted by Crippen LogP contribution is 2.33. The van der Waals surface area contributed by atoms with Crippen LogP contribution in [0.15, 0.2) is 53.6 Å². The molecule has 1 aliphatic rings. The van der Waals surface area contributed by atoms with Crippen LogP contribution in [0.5, 0.6) is 11.5 Å². The molecule has 1 N–H and O–H groups in total. The van der Waals surface area contributed by atoms with Crippen LogP contribution in [0.2, 0.25) is 0 Å². The van der Waals surface area contributed by atoms with Crippen molar-refractivity contribution in [2.24, 2.45) is 0 Å². The maximum Gasteiger partial charge on any atom is 0.262 e. The number of para-hydroxylation sites is 1. The van der Waals surface area contributed by atoms with Crippen molar-refractivity contribution in [2.75, 3.05) is 18.9 Å². The lowest BCUT2D eigenvalue weighted by Crippen LogP contribution is -2.14. The second kappa shape index (κ2) is 7.79. The second-order valence-corrected chi connectivity index (χ2v) is 8.54. The lowest BCUT2D eigenvalue weighted by Gasteiger charge is -2.13. The Hall–Kier alpha value is -3.00. The Bertz CT molecular complexity index is 1120. The molecule has 29 heavy (non-hydrogen) atoms. The summed E-state index contributed by atoms with van der Waals surface area (Å²) < 4.78 is 41.3. The predicted octanol–water partition coefficient (Wildman–Crippen LogP) is 3.70. The van der Waals surface area contributed by atoms with E-state index in [-0.39, 0.29) is 4.90 Å². The molecule has 8 heteroatoms. The number of rotatable bonds is 6. The van der Waals surface area contributed by atoms with Crippen molar-refractivity contribution >= 4 is 15.7 Å². The third-order valence-electron chi connectivity index (χ3n) is 5.02. The minimum Gasteiger partial charge on any atom is -0.493 e. The van der Waals surface area contributed by atoms with Gasteiger partial charge in [-0.05, 0) is 31.0 Å². The summed E-state index contributed by atoms with van der Waals surface area (Å²) in [5.41, 5.74) is 2.00. The number of methoxy groups -OCH3 is 2. The largest absolute Gasteiger partial charge is 0.493 e. The van der Waals surface area contributed by atoms with Gasteiger partial charge >= 0.3 is 0 Å². The van der Waals surface area contributed by atoms with Gasteiger partial charge in [0.2, 0.25) is 0 Å². The van der Waals surface area contributed by atoms with E-state index in [4.69, 9.17) is 14.5 Å². The Balaban J connectivity index is 1.69. The molecule has 0 atom stereocenters. The van der Waals surface area contributed by atoms with Gasteiger partial charge < -0.3 is 14.0 Å². The van der Waals surface area contributed by atoms with Crippen LogP contribution in [0.1, 0.15) is 18.7 Å². The molecule has 0 saturated carbocycles. The summed E-state index contributed by atoms with van der Waals surface area (Å²) in [5, 5.41) is 0. The van der Waals surface area contributed by atoms with Crippen LogP contribution >= 0.6 is 0 Å². The molecule has 0 saturated heterocycles. The molecule has 0 radical (unpaired) electrons. The molecule has 3 aromatic rings. The minimum atomic E-state index is -3.82. The van der Waals surface area contributed by atoms with Gasteiger partial charge in [-0.2, -0.15) is 0 Å². The van der Waals surface area contributed by atoms with E-state index in [1.807, 2.05) is 18.3 Å². The number of nitrogens with one attached hydrogen (secondary N) is 1. The number of fused-ring (bicyclic) bond motifs is 1. The van der Waals surface area contributed by atoms with E-state index in [1.165, 1.54) is 26.4 Å². The minimum absolute atomic E-state index is 0.0917. The smallest absolute Gasteiger partial charge is 0.262 e. The lowest BCUT2D eigenvalue weighted by atomic mass is 10.1. The molecule has 0 aliphatic carbocycles. The molecule has 0 fully saturated rings. The molecule has 0 spiro atoms. The van der Waals surface area contributed by atoms with E-state index < -0.39 is 10.0 Å². The van der Waals surface area contributed by atoms with Crippen LogP contribution in [0.4, 0.5) is 5.69 Å². The highest BCUT2D eigenvalue weighted by atomic mass is 32.2. The molecular weight excluding hydrogens is 390 g/mol. The van der Waals surface area contributed by atoms with Crippen LogP contribution in [-0.4, -0.2) is 32.2 Å². The number of hydrogen-bond acceptors (Lipinski definition) is 5. The zero-order valence-electron chi connectivity index (χ0n) is 16.4. The first-order valence-corrected chi connectivity index (χ1v) is 10.9. The third-order valence-corrected chi connectivity index (χ3v) is 6.38. The molecule has 4 rings (SSSR count). The zero-order chi connectivity index (χ0) is 20.4. The molecule has 1 aromatic heterocycles. The molecule has 0 bridgehead atoms. The SMILES string of the molecule is COc1ccc(S(=O)(=O)Nc2ccccc2-c2cn3c(n2)CCCC3)cc1OC. The van der Waals surface area contributed by atoms with Crippen molar-refractivity contribution in [3.05, 3.63) is 54.5 Å². The number of ether oxygens (including phenoxy) is 2. The summed E-state index contributed by atoms with van der Waals surface area (Å²) in [6.45, 7) is 0.946. The average molecular weight is 413 g/mol. The normalized spacial score (nSPS) is 13.6. The average Bonchev–Trinajstić information content (AvgIpc) is 3.17. The van der Waals surface area contributed by atoms with Crippen LogP contribution < -0.4 is 14.2 Å². The molecule has 2 aromatic carbocycles. The first-order valence-electron chi connectivity index (χ1n) is 9.42. The molecule has 0 amide bonds. The Kier molecular flexibility index (Phi) is 5.19. The Morgan fingerprint density at radius 3 is 2.59 bits per heavy atom. The van der Waals surface area contributed by atoms with Gasteiger partial charge in [-0.15, -0.1) is 0 Å². The number of sulfonamides is 1.